The van der Waals surface area contributed by atoms with Gasteiger partial charge >= 0.3 is 0 Å². The van der Waals surface area contributed by atoms with Crippen LogP contribution in [-0.2, 0) is 4.79 Å². The van der Waals surface area contributed by atoms with E-state index in [4.69, 9.17) is 0 Å². The SMILES string of the molecule is N#C[C@@H]1[C@@H](c2ccccc2-c2cccc(F)c2)[C@H](CO)N1C(=O)C1CCCCC1. The Labute approximate surface area is 170 Å². The number of benzene rings is 2. The zero-order valence-corrected chi connectivity index (χ0v) is 16.3. The van der Waals surface area contributed by atoms with E-state index in [0.29, 0.717) is 0 Å². The van der Waals surface area contributed by atoms with Crippen molar-refractivity contribution in [3.05, 3.63) is 59.9 Å². The van der Waals surface area contributed by atoms with Crippen molar-refractivity contribution in [3.8, 4) is 17.2 Å². The van der Waals surface area contributed by atoms with Crippen LogP contribution in [0.3, 0.4) is 0 Å². The molecule has 2 aromatic rings. The van der Waals surface area contributed by atoms with Crippen molar-refractivity contribution in [2.45, 2.75) is 50.1 Å². The normalized spacial score (nSPS) is 24.6. The van der Waals surface area contributed by atoms with Crippen LogP contribution in [0.4, 0.5) is 4.39 Å². The van der Waals surface area contributed by atoms with Crippen LogP contribution in [0, 0.1) is 23.1 Å². The Balaban J connectivity index is 1.67. The molecule has 1 heterocycles. The second kappa shape index (κ2) is 8.34. The van der Waals surface area contributed by atoms with E-state index in [-0.39, 0.29) is 30.2 Å². The highest BCUT2D eigenvalue weighted by atomic mass is 19.1. The molecule has 29 heavy (non-hydrogen) atoms. The van der Waals surface area contributed by atoms with Crippen LogP contribution in [0.25, 0.3) is 11.1 Å². The summed E-state index contributed by atoms with van der Waals surface area (Å²) in [5.41, 5.74) is 2.43. The van der Waals surface area contributed by atoms with Gasteiger partial charge in [-0.2, -0.15) is 5.26 Å². The lowest BCUT2D eigenvalue weighted by Crippen LogP contribution is -2.66. The minimum absolute atomic E-state index is 0.00483. The molecule has 0 unspecified atom stereocenters. The van der Waals surface area contributed by atoms with Gasteiger partial charge in [0.1, 0.15) is 11.9 Å². The summed E-state index contributed by atoms with van der Waals surface area (Å²) in [5, 5.41) is 20.0. The molecular formula is C24H25FN2O2. The molecule has 4 nitrogen and oxygen atoms in total. The maximum atomic E-state index is 13.8. The van der Waals surface area contributed by atoms with E-state index in [1.165, 1.54) is 12.1 Å². The largest absolute Gasteiger partial charge is 0.394 e. The highest BCUT2D eigenvalue weighted by Gasteiger charge is 2.53. The van der Waals surface area contributed by atoms with Gasteiger partial charge in [-0.1, -0.05) is 55.7 Å². The first-order valence-corrected chi connectivity index (χ1v) is 10.3. The van der Waals surface area contributed by atoms with Crippen LogP contribution in [0.5, 0.6) is 0 Å². The Morgan fingerprint density at radius 1 is 1.14 bits per heavy atom. The maximum Gasteiger partial charge on any atom is 0.227 e. The van der Waals surface area contributed by atoms with Gasteiger partial charge < -0.3 is 10.0 Å². The van der Waals surface area contributed by atoms with Crippen LogP contribution in [-0.4, -0.2) is 34.6 Å². The molecule has 1 aliphatic carbocycles. The molecule has 2 aliphatic rings. The van der Waals surface area contributed by atoms with Gasteiger partial charge in [-0.25, -0.2) is 4.39 Å². The first-order chi connectivity index (χ1) is 14.2. The molecule has 0 spiro atoms. The lowest BCUT2D eigenvalue weighted by atomic mass is 9.72. The van der Waals surface area contributed by atoms with Gasteiger partial charge in [0.15, 0.2) is 0 Å². The first kappa shape index (κ1) is 19.6. The van der Waals surface area contributed by atoms with E-state index >= 15 is 0 Å². The predicted molar refractivity (Wildman–Crippen MR) is 108 cm³/mol. The van der Waals surface area contributed by atoms with E-state index in [0.717, 1.165) is 48.8 Å². The number of likely N-dealkylation sites (tertiary alicyclic amines) is 1. The Bertz CT molecular complexity index is 932. The summed E-state index contributed by atoms with van der Waals surface area (Å²) < 4.78 is 13.8. The van der Waals surface area contributed by atoms with Gasteiger partial charge in [0.05, 0.1) is 18.7 Å². The average molecular weight is 392 g/mol. The molecule has 0 bridgehead atoms. The first-order valence-electron chi connectivity index (χ1n) is 10.3. The monoisotopic (exact) mass is 392 g/mol. The van der Waals surface area contributed by atoms with Crippen molar-refractivity contribution in [3.63, 3.8) is 0 Å². The average Bonchev–Trinajstić information content (AvgIpc) is 2.74. The Morgan fingerprint density at radius 2 is 1.90 bits per heavy atom. The fraction of sp³-hybridized carbons (Fsp3) is 0.417. The molecule has 3 atom stereocenters. The van der Waals surface area contributed by atoms with Crippen molar-refractivity contribution in [2.24, 2.45) is 5.92 Å². The fourth-order valence-electron chi connectivity index (χ4n) is 4.95. The summed E-state index contributed by atoms with van der Waals surface area (Å²) in [6, 6.07) is 15.2. The number of hydrogen-bond acceptors (Lipinski definition) is 3. The number of aliphatic hydroxyl groups excluding tert-OH is 1. The number of nitriles is 1. The predicted octanol–water partition coefficient (Wildman–Crippen LogP) is 4.25. The number of amides is 1. The molecule has 2 fully saturated rings. The van der Waals surface area contributed by atoms with Gasteiger partial charge in [0.25, 0.3) is 0 Å². The van der Waals surface area contributed by atoms with E-state index < -0.39 is 12.1 Å². The molecule has 1 saturated heterocycles. The molecule has 2 aromatic carbocycles. The molecule has 1 aliphatic heterocycles. The number of carbonyl (C=O) groups excluding carboxylic acids is 1. The minimum Gasteiger partial charge on any atom is -0.394 e. The second-order valence-electron chi connectivity index (χ2n) is 8.03. The third-order valence-corrected chi connectivity index (χ3v) is 6.40. The highest BCUT2D eigenvalue weighted by molar-refractivity contribution is 5.82. The molecule has 4 rings (SSSR count). The zero-order valence-electron chi connectivity index (χ0n) is 16.3. The number of carbonyl (C=O) groups is 1. The lowest BCUT2D eigenvalue weighted by Gasteiger charge is -2.53. The topological polar surface area (TPSA) is 64.3 Å². The second-order valence-corrected chi connectivity index (χ2v) is 8.03. The fourth-order valence-corrected chi connectivity index (χ4v) is 4.95. The van der Waals surface area contributed by atoms with E-state index in [1.54, 1.807) is 11.0 Å². The van der Waals surface area contributed by atoms with Gasteiger partial charge in [-0.15, -0.1) is 0 Å². The van der Waals surface area contributed by atoms with Gasteiger partial charge in [0, 0.05) is 11.8 Å². The molecular weight excluding hydrogens is 367 g/mol. The molecule has 1 N–H and O–H groups in total. The summed E-state index contributed by atoms with van der Waals surface area (Å²) in [6.07, 6.45) is 4.94. The Kier molecular flexibility index (Phi) is 5.64. The smallest absolute Gasteiger partial charge is 0.227 e. The molecule has 0 radical (unpaired) electrons. The van der Waals surface area contributed by atoms with Crippen molar-refractivity contribution in [2.75, 3.05) is 6.61 Å². The Morgan fingerprint density at radius 3 is 2.59 bits per heavy atom. The summed E-state index contributed by atoms with van der Waals surface area (Å²) >= 11 is 0. The highest BCUT2D eigenvalue weighted by Crippen LogP contribution is 2.45. The molecule has 1 amide bonds. The summed E-state index contributed by atoms with van der Waals surface area (Å²) in [5.74, 6) is -0.671. The van der Waals surface area contributed by atoms with E-state index in [1.807, 2.05) is 30.3 Å². The van der Waals surface area contributed by atoms with Crippen LogP contribution >= 0.6 is 0 Å². The lowest BCUT2D eigenvalue weighted by molar-refractivity contribution is -0.152. The third-order valence-electron chi connectivity index (χ3n) is 6.40. The van der Waals surface area contributed by atoms with E-state index in [9.17, 15) is 19.6 Å². The van der Waals surface area contributed by atoms with Crippen LogP contribution in [0.2, 0.25) is 0 Å². The maximum absolute atomic E-state index is 13.8. The Hall–Kier alpha value is -2.71. The van der Waals surface area contributed by atoms with Crippen molar-refractivity contribution in [1.82, 2.24) is 4.90 Å². The summed E-state index contributed by atoms with van der Waals surface area (Å²) in [4.78, 5) is 14.7. The zero-order chi connectivity index (χ0) is 20.4. The molecule has 0 aromatic heterocycles. The van der Waals surface area contributed by atoms with Crippen LogP contribution < -0.4 is 0 Å². The standard InChI is InChI=1S/C24H25FN2O2/c25-18-10-6-9-17(13-18)19-11-4-5-12-20(19)23-21(14-26)27(22(23)15-28)24(29)16-7-2-1-3-8-16/h4-6,9-13,16,21-23,28H,1-3,7-8,15H2/t21-,22+,23-/m1/s1. The number of aliphatic hydroxyl groups is 1. The van der Waals surface area contributed by atoms with Gasteiger partial charge in [0.2, 0.25) is 5.91 Å². The summed E-state index contributed by atoms with van der Waals surface area (Å²) in [7, 11) is 0. The van der Waals surface area contributed by atoms with Gasteiger partial charge in [-0.05, 0) is 41.7 Å². The number of rotatable bonds is 4. The van der Waals surface area contributed by atoms with Crippen molar-refractivity contribution >= 4 is 5.91 Å². The minimum atomic E-state index is -0.615. The molecule has 150 valence electrons. The summed E-state index contributed by atoms with van der Waals surface area (Å²) in [6.45, 7) is -0.196. The van der Waals surface area contributed by atoms with Crippen molar-refractivity contribution < 1.29 is 14.3 Å². The van der Waals surface area contributed by atoms with Crippen LogP contribution in [0.1, 0.15) is 43.6 Å². The van der Waals surface area contributed by atoms with Crippen molar-refractivity contribution in [1.29, 1.82) is 5.26 Å². The number of hydrogen-bond donors (Lipinski definition) is 1. The van der Waals surface area contributed by atoms with E-state index in [2.05, 4.69) is 6.07 Å². The quantitative estimate of drug-likeness (QED) is 0.846. The van der Waals surface area contributed by atoms with Crippen LogP contribution in [0.15, 0.2) is 48.5 Å². The third kappa shape index (κ3) is 3.54. The molecule has 5 heteroatoms. The number of nitrogens with zero attached hydrogens (tertiary/aromatic N) is 2. The van der Waals surface area contributed by atoms with Gasteiger partial charge in [-0.3, -0.25) is 4.79 Å². The molecule has 1 saturated carbocycles. The number of halogens is 1.